The second kappa shape index (κ2) is 5.39. The molecule has 1 aromatic heterocycles. The van der Waals surface area contributed by atoms with Crippen molar-refractivity contribution in [1.82, 2.24) is 9.88 Å². The minimum Gasteiger partial charge on any atom is -0.462 e. The predicted molar refractivity (Wildman–Crippen MR) is 84.4 cm³/mol. The summed E-state index contributed by atoms with van der Waals surface area (Å²) >= 11 is 0. The molecule has 23 heavy (non-hydrogen) atoms. The number of imide groups is 1. The average Bonchev–Trinajstić information content (AvgIpc) is 2.96. The zero-order valence-electron chi connectivity index (χ0n) is 13.1. The van der Waals surface area contributed by atoms with Crippen LogP contribution in [0.5, 0.6) is 0 Å². The molecule has 1 aliphatic rings. The number of aryl methyl sites for hydroxylation is 1. The zero-order chi connectivity index (χ0) is 16.7. The number of esters is 1. The maximum atomic E-state index is 12.6. The summed E-state index contributed by atoms with van der Waals surface area (Å²) in [6.07, 6.45) is 0. The van der Waals surface area contributed by atoms with Crippen molar-refractivity contribution in [2.45, 2.75) is 13.8 Å². The Hall–Kier alpha value is -2.89. The summed E-state index contributed by atoms with van der Waals surface area (Å²) in [5.41, 5.74) is 2.04. The number of carbonyl (C=O) groups is 3. The number of rotatable bonds is 3. The van der Waals surface area contributed by atoms with Crippen LogP contribution in [-0.2, 0) is 19.1 Å². The van der Waals surface area contributed by atoms with Crippen molar-refractivity contribution in [2.24, 2.45) is 0 Å². The molecule has 3 rings (SSSR count). The number of aromatic amines is 1. The van der Waals surface area contributed by atoms with Gasteiger partial charge in [0.1, 0.15) is 5.57 Å². The molecule has 2 amide bonds. The number of amides is 2. The number of likely N-dealkylation sites (N-methyl/N-ethyl adjacent to an activating group) is 1. The second-order valence-corrected chi connectivity index (χ2v) is 5.31. The number of H-pyrrole nitrogens is 1. The molecule has 2 heterocycles. The molecule has 0 radical (unpaired) electrons. The summed E-state index contributed by atoms with van der Waals surface area (Å²) in [6.45, 7) is 3.59. The fourth-order valence-corrected chi connectivity index (χ4v) is 2.86. The van der Waals surface area contributed by atoms with Crippen LogP contribution in [-0.4, -0.2) is 41.3 Å². The molecule has 0 spiro atoms. The summed E-state index contributed by atoms with van der Waals surface area (Å²) in [5, 5.41) is 0.790. The number of nitrogens with one attached hydrogen (secondary N) is 1. The standard InChI is InChI=1S/C17H16N2O4/c1-4-23-17(22)14-13(15(20)19(3)16(14)21)12-9(2)18-11-8-6-5-7-10(11)12/h5-8,18H,4H2,1-3H3. The summed E-state index contributed by atoms with van der Waals surface area (Å²) in [4.78, 5) is 41.2. The van der Waals surface area contributed by atoms with Gasteiger partial charge in [0.2, 0.25) is 0 Å². The van der Waals surface area contributed by atoms with E-state index in [-0.39, 0.29) is 17.8 Å². The third kappa shape index (κ3) is 2.14. The molecule has 0 aliphatic carbocycles. The van der Waals surface area contributed by atoms with Gasteiger partial charge in [0, 0.05) is 29.2 Å². The second-order valence-electron chi connectivity index (χ2n) is 5.31. The highest BCUT2D eigenvalue weighted by atomic mass is 16.5. The van der Waals surface area contributed by atoms with Crippen molar-refractivity contribution in [1.29, 1.82) is 0 Å². The summed E-state index contributed by atoms with van der Waals surface area (Å²) < 4.78 is 4.97. The van der Waals surface area contributed by atoms with E-state index in [1.807, 2.05) is 24.3 Å². The fraction of sp³-hybridized carbons (Fsp3) is 0.235. The Morgan fingerprint density at radius 2 is 1.91 bits per heavy atom. The van der Waals surface area contributed by atoms with Gasteiger partial charge in [-0.05, 0) is 19.9 Å². The van der Waals surface area contributed by atoms with Gasteiger partial charge in [0.25, 0.3) is 11.8 Å². The SMILES string of the molecule is CCOC(=O)C1=C(c2c(C)[nH]c3ccccc23)C(=O)N(C)C1=O. The Morgan fingerprint density at radius 1 is 1.22 bits per heavy atom. The van der Waals surface area contributed by atoms with E-state index in [0.29, 0.717) is 5.56 Å². The van der Waals surface area contributed by atoms with Crippen molar-refractivity contribution in [2.75, 3.05) is 13.7 Å². The third-order valence-electron chi connectivity index (χ3n) is 3.91. The number of benzene rings is 1. The first-order valence-corrected chi connectivity index (χ1v) is 7.28. The molecule has 0 saturated carbocycles. The van der Waals surface area contributed by atoms with Crippen LogP contribution in [0.2, 0.25) is 0 Å². The van der Waals surface area contributed by atoms with Crippen molar-refractivity contribution < 1.29 is 19.1 Å². The van der Waals surface area contributed by atoms with E-state index in [0.717, 1.165) is 21.5 Å². The van der Waals surface area contributed by atoms with E-state index < -0.39 is 17.8 Å². The first kappa shape index (κ1) is 15.0. The Balaban J connectivity index is 2.32. The molecule has 2 aromatic rings. The largest absolute Gasteiger partial charge is 0.462 e. The van der Waals surface area contributed by atoms with Gasteiger partial charge in [-0.25, -0.2) is 4.79 Å². The lowest BCUT2D eigenvalue weighted by Gasteiger charge is -2.06. The molecule has 1 N–H and O–H groups in total. The molecular formula is C17H16N2O4. The first-order valence-electron chi connectivity index (χ1n) is 7.28. The Kier molecular flexibility index (Phi) is 3.52. The highest BCUT2D eigenvalue weighted by molar-refractivity contribution is 6.44. The van der Waals surface area contributed by atoms with E-state index in [2.05, 4.69) is 4.98 Å². The van der Waals surface area contributed by atoms with Crippen LogP contribution in [0.3, 0.4) is 0 Å². The lowest BCUT2D eigenvalue weighted by molar-refractivity contribution is -0.141. The number of fused-ring (bicyclic) bond motifs is 1. The summed E-state index contributed by atoms with van der Waals surface area (Å²) in [7, 11) is 1.36. The number of carbonyl (C=O) groups excluding carboxylic acids is 3. The zero-order valence-corrected chi connectivity index (χ0v) is 13.1. The van der Waals surface area contributed by atoms with Crippen LogP contribution in [0.4, 0.5) is 0 Å². The van der Waals surface area contributed by atoms with E-state index in [1.165, 1.54) is 7.05 Å². The van der Waals surface area contributed by atoms with Crippen molar-refractivity contribution in [3.8, 4) is 0 Å². The van der Waals surface area contributed by atoms with E-state index >= 15 is 0 Å². The average molecular weight is 312 g/mol. The molecule has 118 valence electrons. The van der Waals surface area contributed by atoms with Gasteiger partial charge in [-0.3, -0.25) is 14.5 Å². The Labute approximate surface area is 132 Å². The molecule has 0 bridgehead atoms. The Bertz CT molecular complexity index is 876. The van der Waals surface area contributed by atoms with Gasteiger partial charge < -0.3 is 9.72 Å². The van der Waals surface area contributed by atoms with Crippen LogP contribution < -0.4 is 0 Å². The number of aromatic nitrogens is 1. The minimum atomic E-state index is -0.769. The van der Waals surface area contributed by atoms with Gasteiger partial charge in [-0.1, -0.05) is 18.2 Å². The van der Waals surface area contributed by atoms with Crippen LogP contribution in [0.1, 0.15) is 18.2 Å². The highest BCUT2D eigenvalue weighted by Crippen LogP contribution is 2.35. The molecular weight excluding hydrogens is 296 g/mol. The molecule has 0 fully saturated rings. The lowest BCUT2D eigenvalue weighted by Crippen LogP contribution is -2.28. The van der Waals surface area contributed by atoms with Crippen molar-refractivity contribution in [3.63, 3.8) is 0 Å². The van der Waals surface area contributed by atoms with E-state index in [4.69, 9.17) is 4.74 Å². The number of ether oxygens (including phenoxy) is 1. The highest BCUT2D eigenvalue weighted by Gasteiger charge is 2.42. The number of para-hydroxylation sites is 1. The normalized spacial score (nSPS) is 15.0. The number of nitrogens with zero attached hydrogens (tertiary/aromatic N) is 1. The smallest absolute Gasteiger partial charge is 0.344 e. The van der Waals surface area contributed by atoms with Gasteiger partial charge in [-0.2, -0.15) is 0 Å². The first-order chi connectivity index (χ1) is 11.0. The molecule has 0 unspecified atom stereocenters. The van der Waals surface area contributed by atoms with Crippen molar-refractivity contribution >= 4 is 34.3 Å². The molecule has 0 saturated heterocycles. The molecule has 6 nitrogen and oxygen atoms in total. The van der Waals surface area contributed by atoms with Crippen LogP contribution in [0, 0.1) is 6.92 Å². The van der Waals surface area contributed by atoms with Gasteiger partial charge in [-0.15, -0.1) is 0 Å². The topological polar surface area (TPSA) is 79.5 Å². The number of hydrogen-bond acceptors (Lipinski definition) is 4. The minimum absolute atomic E-state index is 0.103. The van der Waals surface area contributed by atoms with Crippen molar-refractivity contribution in [3.05, 3.63) is 41.1 Å². The van der Waals surface area contributed by atoms with Gasteiger partial charge in [0.05, 0.1) is 12.2 Å². The maximum absolute atomic E-state index is 12.6. The van der Waals surface area contributed by atoms with Crippen LogP contribution in [0.25, 0.3) is 16.5 Å². The molecule has 1 aliphatic heterocycles. The van der Waals surface area contributed by atoms with Gasteiger partial charge >= 0.3 is 5.97 Å². The van der Waals surface area contributed by atoms with Crippen LogP contribution >= 0.6 is 0 Å². The number of hydrogen-bond donors (Lipinski definition) is 1. The quantitative estimate of drug-likeness (QED) is 0.532. The lowest BCUT2D eigenvalue weighted by atomic mass is 9.98. The monoisotopic (exact) mass is 312 g/mol. The third-order valence-corrected chi connectivity index (χ3v) is 3.91. The molecule has 0 atom stereocenters. The Morgan fingerprint density at radius 3 is 2.61 bits per heavy atom. The fourth-order valence-electron chi connectivity index (χ4n) is 2.86. The van der Waals surface area contributed by atoms with Crippen LogP contribution in [0.15, 0.2) is 29.8 Å². The van der Waals surface area contributed by atoms with Gasteiger partial charge in [0.15, 0.2) is 0 Å². The predicted octanol–water partition coefficient (Wildman–Crippen LogP) is 1.79. The summed E-state index contributed by atoms with van der Waals surface area (Å²) in [6, 6.07) is 7.44. The maximum Gasteiger partial charge on any atom is 0.344 e. The molecule has 1 aromatic carbocycles. The summed E-state index contributed by atoms with van der Waals surface area (Å²) in [5.74, 6) is -1.89. The van der Waals surface area contributed by atoms with E-state index in [9.17, 15) is 14.4 Å². The van der Waals surface area contributed by atoms with E-state index in [1.54, 1.807) is 13.8 Å². The molecule has 6 heteroatoms.